The number of benzene rings is 1. The molecule has 1 aromatic carbocycles. The average Bonchev–Trinajstić information content (AvgIpc) is 2.60. The highest BCUT2D eigenvalue weighted by Crippen LogP contribution is 2.32. The molecule has 1 saturated carbocycles. The van der Waals surface area contributed by atoms with Crippen molar-refractivity contribution in [1.29, 1.82) is 0 Å². The van der Waals surface area contributed by atoms with Crippen molar-refractivity contribution in [1.82, 2.24) is 0 Å². The Morgan fingerprint density at radius 2 is 1.79 bits per heavy atom. The summed E-state index contributed by atoms with van der Waals surface area (Å²) in [6, 6.07) is 7.61. The SMILES string of the molecule is CCCCCC1CCC(COc2ccc(/C=C/C(=O)O)cc2)CC1. The van der Waals surface area contributed by atoms with Crippen molar-refractivity contribution in [2.24, 2.45) is 11.8 Å². The molecule has 0 amide bonds. The second-order valence-electron chi connectivity index (χ2n) is 6.93. The zero-order chi connectivity index (χ0) is 17.2. The minimum atomic E-state index is -0.930. The number of unbranched alkanes of at least 4 members (excludes halogenated alkanes) is 2. The molecule has 0 unspecified atom stereocenters. The van der Waals surface area contributed by atoms with Crippen LogP contribution in [0.2, 0.25) is 0 Å². The van der Waals surface area contributed by atoms with Crippen LogP contribution in [0, 0.1) is 11.8 Å². The molecular formula is C21H30O3. The monoisotopic (exact) mass is 330 g/mol. The quantitative estimate of drug-likeness (QED) is 0.477. The van der Waals surface area contributed by atoms with Gasteiger partial charge in [0.15, 0.2) is 0 Å². The third kappa shape index (κ3) is 6.77. The van der Waals surface area contributed by atoms with Gasteiger partial charge in [-0.25, -0.2) is 4.79 Å². The van der Waals surface area contributed by atoms with Gasteiger partial charge in [-0.15, -0.1) is 0 Å². The van der Waals surface area contributed by atoms with E-state index in [0.29, 0.717) is 5.92 Å². The van der Waals surface area contributed by atoms with Gasteiger partial charge in [0.1, 0.15) is 5.75 Å². The molecule has 1 aliphatic rings. The number of hydrogen-bond acceptors (Lipinski definition) is 2. The maximum absolute atomic E-state index is 10.5. The molecular weight excluding hydrogens is 300 g/mol. The molecule has 2 rings (SSSR count). The molecule has 0 heterocycles. The molecule has 1 aliphatic carbocycles. The normalized spacial score (nSPS) is 21.0. The van der Waals surface area contributed by atoms with Gasteiger partial charge < -0.3 is 9.84 Å². The lowest BCUT2D eigenvalue weighted by Crippen LogP contribution is -2.20. The van der Waals surface area contributed by atoms with Crippen molar-refractivity contribution >= 4 is 12.0 Å². The minimum absolute atomic E-state index is 0.680. The third-order valence-corrected chi connectivity index (χ3v) is 4.97. The Morgan fingerprint density at radius 1 is 1.12 bits per heavy atom. The van der Waals surface area contributed by atoms with Crippen LogP contribution in [-0.4, -0.2) is 17.7 Å². The van der Waals surface area contributed by atoms with Crippen LogP contribution >= 0.6 is 0 Å². The fourth-order valence-corrected chi connectivity index (χ4v) is 3.43. The van der Waals surface area contributed by atoms with Crippen molar-refractivity contribution in [3.8, 4) is 5.75 Å². The maximum atomic E-state index is 10.5. The molecule has 3 heteroatoms. The van der Waals surface area contributed by atoms with E-state index in [1.807, 2.05) is 24.3 Å². The van der Waals surface area contributed by atoms with Gasteiger partial charge in [0.25, 0.3) is 0 Å². The summed E-state index contributed by atoms with van der Waals surface area (Å²) < 4.78 is 5.92. The van der Waals surface area contributed by atoms with E-state index in [4.69, 9.17) is 9.84 Å². The summed E-state index contributed by atoms with van der Waals surface area (Å²) in [5.41, 5.74) is 0.873. The molecule has 0 spiro atoms. The molecule has 132 valence electrons. The van der Waals surface area contributed by atoms with Crippen LogP contribution in [0.4, 0.5) is 0 Å². The Kier molecular flexibility index (Phi) is 7.87. The van der Waals surface area contributed by atoms with Crippen LogP contribution in [0.25, 0.3) is 6.08 Å². The van der Waals surface area contributed by atoms with Crippen molar-refractivity contribution < 1.29 is 14.6 Å². The molecule has 24 heavy (non-hydrogen) atoms. The van der Waals surface area contributed by atoms with E-state index in [1.165, 1.54) is 51.4 Å². The summed E-state index contributed by atoms with van der Waals surface area (Å²) in [6.45, 7) is 3.06. The van der Waals surface area contributed by atoms with Crippen LogP contribution in [0.5, 0.6) is 5.75 Å². The first-order valence-corrected chi connectivity index (χ1v) is 9.31. The summed E-state index contributed by atoms with van der Waals surface area (Å²) in [7, 11) is 0. The zero-order valence-electron chi connectivity index (χ0n) is 14.7. The maximum Gasteiger partial charge on any atom is 0.328 e. The molecule has 0 atom stereocenters. The van der Waals surface area contributed by atoms with Gasteiger partial charge in [-0.1, -0.05) is 57.6 Å². The van der Waals surface area contributed by atoms with E-state index in [9.17, 15) is 4.79 Å². The van der Waals surface area contributed by atoms with E-state index >= 15 is 0 Å². The molecule has 0 radical (unpaired) electrons. The lowest BCUT2D eigenvalue weighted by atomic mass is 9.80. The first-order valence-electron chi connectivity index (χ1n) is 9.31. The molecule has 0 saturated heterocycles. The van der Waals surface area contributed by atoms with Gasteiger partial charge in [0, 0.05) is 6.08 Å². The number of carboxylic acids is 1. The largest absolute Gasteiger partial charge is 0.493 e. The second-order valence-corrected chi connectivity index (χ2v) is 6.93. The Labute approximate surface area is 145 Å². The van der Waals surface area contributed by atoms with Crippen molar-refractivity contribution in [2.45, 2.75) is 58.3 Å². The summed E-state index contributed by atoms with van der Waals surface area (Å²) >= 11 is 0. The molecule has 1 N–H and O–H groups in total. The topological polar surface area (TPSA) is 46.5 Å². The highest BCUT2D eigenvalue weighted by atomic mass is 16.5. The van der Waals surface area contributed by atoms with Crippen LogP contribution in [0.3, 0.4) is 0 Å². The van der Waals surface area contributed by atoms with Gasteiger partial charge in [-0.3, -0.25) is 0 Å². The Hall–Kier alpha value is -1.77. The minimum Gasteiger partial charge on any atom is -0.493 e. The van der Waals surface area contributed by atoms with E-state index in [1.54, 1.807) is 6.08 Å². The van der Waals surface area contributed by atoms with Crippen molar-refractivity contribution in [3.05, 3.63) is 35.9 Å². The second kappa shape index (κ2) is 10.2. The van der Waals surface area contributed by atoms with E-state index < -0.39 is 5.97 Å². The fraction of sp³-hybridized carbons (Fsp3) is 0.571. The smallest absolute Gasteiger partial charge is 0.328 e. The molecule has 1 aromatic rings. The predicted octanol–water partition coefficient (Wildman–Crippen LogP) is 5.55. The highest BCUT2D eigenvalue weighted by molar-refractivity contribution is 5.85. The van der Waals surface area contributed by atoms with E-state index in [-0.39, 0.29) is 0 Å². The molecule has 0 aromatic heterocycles. The van der Waals surface area contributed by atoms with Crippen LogP contribution in [0.15, 0.2) is 30.3 Å². The van der Waals surface area contributed by atoms with E-state index in [2.05, 4.69) is 6.92 Å². The predicted molar refractivity (Wildman–Crippen MR) is 98.2 cm³/mol. The summed E-state index contributed by atoms with van der Waals surface area (Å²) in [5, 5.41) is 8.63. The van der Waals surface area contributed by atoms with Gasteiger partial charge >= 0.3 is 5.97 Å². The van der Waals surface area contributed by atoms with Crippen LogP contribution in [-0.2, 0) is 4.79 Å². The highest BCUT2D eigenvalue weighted by Gasteiger charge is 2.21. The van der Waals surface area contributed by atoms with E-state index in [0.717, 1.165) is 29.9 Å². The van der Waals surface area contributed by atoms with Crippen LogP contribution < -0.4 is 4.74 Å². The third-order valence-electron chi connectivity index (χ3n) is 4.97. The number of aliphatic carboxylic acids is 1. The summed E-state index contributed by atoms with van der Waals surface area (Å²) in [6.07, 6.45) is 13.5. The van der Waals surface area contributed by atoms with Gasteiger partial charge in [0.2, 0.25) is 0 Å². The van der Waals surface area contributed by atoms with Crippen LogP contribution in [0.1, 0.15) is 63.9 Å². The number of ether oxygens (including phenoxy) is 1. The fourth-order valence-electron chi connectivity index (χ4n) is 3.43. The average molecular weight is 330 g/mol. The van der Waals surface area contributed by atoms with Gasteiger partial charge in [-0.05, 0) is 48.4 Å². The number of carboxylic acid groups (broad SMARTS) is 1. The lowest BCUT2D eigenvalue weighted by molar-refractivity contribution is -0.131. The summed E-state index contributed by atoms with van der Waals surface area (Å²) in [5.74, 6) is 1.56. The first-order chi connectivity index (χ1) is 11.7. The van der Waals surface area contributed by atoms with Gasteiger partial charge in [-0.2, -0.15) is 0 Å². The molecule has 1 fully saturated rings. The first kappa shape index (κ1) is 18.6. The molecule has 3 nitrogen and oxygen atoms in total. The zero-order valence-corrected chi connectivity index (χ0v) is 14.7. The van der Waals surface area contributed by atoms with Crippen molar-refractivity contribution in [2.75, 3.05) is 6.61 Å². The Balaban J connectivity index is 1.68. The van der Waals surface area contributed by atoms with Crippen molar-refractivity contribution in [3.63, 3.8) is 0 Å². The number of rotatable bonds is 9. The Morgan fingerprint density at radius 3 is 2.42 bits per heavy atom. The molecule has 0 bridgehead atoms. The Bertz CT molecular complexity index is 510. The lowest BCUT2D eigenvalue weighted by Gasteiger charge is -2.28. The number of carbonyl (C=O) groups is 1. The summed E-state index contributed by atoms with van der Waals surface area (Å²) in [4.78, 5) is 10.5. The van der Waals surface area contributed by atoms with Gasteiger partial charge in [0.05, 0.1) is 6.61 Å². The molecule has 0 aliphatic heterocycles. The standard InChI is InChI=1S/C21H30O3/c1-2-3-4-5-17-6-8-19(9-7-17)16-24-20-13-10-18(11-14-20)12-15-21(22)23/h10-15,17,19H,2-9,16H2,1H3,(H,22,23)/b15-12+. The number of hydrogen-bond donors (Lipinski definition) is 1.